The number of benzene rings is 2. The van der Waals surface area contributed by atoms with Crippen molar-refractivity contribution >= 4 is 38.6 Å². The number of aromatic amines is 1. The summed E-state index contributed by atoms with van der Waals surface area (Å²) in [5, 5.41) is 4.01. The van der Waals surface area contributed by atoms with Crippen LogP contribution < -0.4 is 58.8 Å². The molecular formula is C29H32F2N5NaO7S. The summed E-state index contributed by atoms with van der Waals surface area (Å²) in [6, 6.07) is 11.7. The van der Waals surface area contributed by atoms with Crippen LogP contribution in [0, 0.1) is 0 Å². The first-order chi connectivity index (χ1) is 20.7. The molecule has 1 amide bonds. The van der Waals surface area contributed by atoms with E-state index in [0.717, 1.165) is 23.1 Å². The van der Waals surface area contributed by atoms with E-state index >= 15 is 0 Å². The second kappa shape index (κ2) is 17.7. The van der Waals surface area contributed by atoms with Crippen LogP contribution >= 0.6 is 0 Å². The molecule has 1 atom stereocenters. The van der Waals surface area contributed by atoms with Gasteiger partial charge in [0.1, 0.15) is 11.5 Å². The van der Waals surface area contributed by atoms with E-state index in [2.05, 4.69) is 30.0 Å². The summed E-state index contributed by atoms with van der Waals surface area (Å²) < 4.78 is 57.2. The Hall–Kier alpha value is -3.76. The van der Waals surface area contributed by atoms with Gasteiger partial charge in [-0.1, -0.05) is 6.07 Å². The molecule has 0 bridgehead atoms. The van der Waals surface area contributed by atoms with E-state index in [9.17, 15) is 17.8 Å². The number of fused-ring (bicyclic) bond motifs is 2. The van der Waals surface area contributed by atoms with Gasteiger partial charge < -0.3 is 44.7 Å². The molecule has 0 saturated carbocycles. The fourth-order valence-corrected chi connectivity index (χ4v) is 5.19. The Kier molecular flexibility index (Phi) is 14.7. The third-order valence-electron chi connectivity index (χ3n) is 6.18. The molecule has 2 aromatic carbocycles. The first-order valence-corrected chi connectivity index (χ1v) is 14.3. The average molecular weight is 656 g/mol. The number of hydrogen-bond donors (Lipinski definition) is 2. The maximum atomic E-state index is 12.6. The molecule has 16 heteroatoms. The summed E-state index contributed by atoms with van der Waals surface area (Å²) in [5.74, 6) is 1.67. The summed E-state index contributed by atoms with van der Waals surface area (Å²) in [5.41, 5.74) is 3.45. The van der Waals surface area contributed by atoms with Gasteiger partial charge in [0, 0.05) is 48.0 Å². The number of nitrogens with one attached hydrogen (secondary N) is 2. The molecule has 0 aliphatic carbocycles. The Labute approximate surface area is 282 Å². The summed E-state index contributed by atoms with van der Waals surface area (Å²) >= 11 is 0. The van der Waals surface area contributed by atoms with Gasteiger partial charge in [0.25, 0.3) is 0 Å². The molecule has 3 aromatic heterocycles. The molecule has 12 nitrogen and oxygen atoms in total. The van der Waals surface area contributed by atoms with E-state index in [-0.39, 0.29) is 57.6 Å². The molecule has 0 aliphatic heterocycles. The van der Waals surface area contributed by atoms with E-state index < -0.39 is 17.4 Å². The number of pyridine rings is 1. The number of amides is 1. The predicted molar refractivity (Wildman–Crippen MR) is 160 cm³/mol. The van der Waals surface area contributed by atoms with Crippen LogP contribution in [0.4, 0.5) is 8.78 Å². The summed E-state index contributed by atoms with van der Waals surface area (Å²) in [7, 11) is 2.99. The third-order valence-corrected chi connectivity index (χ3v) is 7.31. The van der Waals surface area contributed by atoms with E-state index in [4.69, 9.17) is 14.2 Å². The number of halogens is 2. The number of hydrogen-bond acceptors (Lipinski definition) is 8. The number of carbonyl (C=O) groups is 1. The number of carbonyl (C=O) groups excluding carboxylic acids is 1. The molecule has 1 unspecified atom stereocenters. The first-order valence-electron chi connectivity index (χ1n) is 12.9. The van der Waals surface area contributed by atoms with Crippen LogP contribution in [-0.4, -0.2) is 65.0 Å². The van der Waals surface area contributed by atoms with Gasteiger partial charge in [-0.15, -0.1) is 0 Å². The van der Waals surface area contributed by atoms with Gasteiger partial charge in [-0.05, 0) is 53.3 Å². The van der Waals surface area contributed by atoms with Crippen LogP contribution in [0.2, 0.25) is 0 Å². The zero-order chi connectivity index (χ0) is 30.9. The topological polar surface area (TPSA) is 170 Å². The minimum Gasteiger partial charge on any atom is -0.497 e. The van der Waals surface area contributed by atoms with Crippen molar-refractivity contribution in [2.45, 2.75) is 30.9 Å². The summed E-state index contributed by atoms with van der Waals surface area (Å²) in [6.07, 6.45) is 4.31. The summed E-state index contributed by atoms with van der Waals surface area (Å²) in [6.45, 7) is -0.756. The van der Waals surface area contributed by atoms with Crippen molar-refractivity contribution in [1.82, 2.24) is 25.3 Å². The SMILES string of the molecule is COc1ccc2[nH]cc(CCNC(C)=O)c2c1.COc1ccnc(CS(=O)c2nc3cc(OC(F)F)ccc3[n-]2)c1OC.O.[Na+]. The molecule has 4 N–H and O–H groups in total. The van der Waals surface area contributed by atoms with Crippen LogP contribution in [0.5, 0.6) is 23.0 Å². The molecule has 0 aliphatic rings. The van der Waals surface area contributed by atoms with Crippen LogP contribution in [0.15, 0.2) is 60.0 Å². The largest absolute Gasteiger partial charge is 1.00 e. The van der Waals surface area contributed by atoms with Gasteiger partial charge in [0.15, 0.2) is 11.5 Å². The van der Waals surface area contributed by atoms with Crippen LogP contribution in [-0.2, 0) is 27.8 Å². The van der Waals surface area contributed by atoms with Gasteiger partial charge in [-0.25, -0.2) is 0 Å². The molecule has 0 saturated heterocycles. The van der Waals surface area contributed by atoms with Gasteiger partial charge in [0.05, 0.1) is 43.6 Å². The maximum Gasteiger partial charge on any atom is 1.00 e. The average Bonchev–Trinajstić information content (AvgIpc) is 3.60. The van der Waals surface area contributed by atoms with Crippen molar-refractivity contribution in [2.24, 2.45) is 0 Å². The summed E-state index contributed by atoms with van der Waals surface area (Å²) in [4.78, 5) is 26.5. The maximum absolute atomic E-state index is 12.6. The molecule has 0 radical (unpaired) electrons. The molecule has 5 aromatic rings. The van der Waals surface area contributed by atoms with Crippen molar-refractivity contribution in [3.8, 4) is 23.0 Å². The fourth-order valence-electron chi connectivity index (χ4n) is 4.20. The van der Waals surface area contributed by atoms with E-state index in [0.29, 0.717) is 34.8 Å². The van der Waals surface area contributed by atoms with Crippen LogP contribution in [0.25, 0.3) is 21.9 Å². The normalized spacial score (nSPS) is 11.1. The molecule has 0 spiro atoms. The molecule has 45 heavy (non-hydrogen) atoms. The zero-order valence-corrected chi connectivity index (χ0v) is 28.2. The number of methoxy groups -OCH3 is 3. The van der Waals surface area contributed by atoms with E-state index in [1.165, 1.54) is 51.1 Å². The van der Waals surface area contributed by atoms with Crippen molar-refractivity contribution in [3.63, 3.8) is 0 Å². The Bertz CT molecular complexity index is 1730. The number of ether oxygens (including phenoxy) is 4. The molecular weight excluding hydrogens is 623 g/mol. The Morgan fingerprint density at radius 2 is 1.82 bits per heavy atom. The number of H-pyrrole nitrogens is 1. The first kappa shape index (κ1) is 37.4. The number of alkyl halides is 2. The van der Waals surface area contributed by atoms with Crippen molar-refractivity contribution in [3.05, 3.63) is 66.1 Å². The second-order valence-corrected chi connectivity index (χ2v) is 10.3. The van der Waals surface area contributed by atoms with Gasteiger partial charge in [-0.3, -0.25) is 14.0 Å². The third kappa shape index (κ3) is 9.86. The number of nitrogens with zero attached hydrogens (tertiary/aromatic N) is 3. The number of aromatic nitrogens is 4. The Morgan fingerprint density at radius 3 is 2.49 bits per heavy atom. The van der Waals surface area contributed by atoms with Gasteiger partial charge in [-0.2, -0.15) is 8.78 Å². The van der Waals surface area contributed by atoms with Crippen molar-refractivity contribution in [1.29, 1.82) is 0 Å². The van der Waals surface area contributed by atoms with Crippen LogP contribution in [0.3, 0.4) is 0 Å². The fraction of sp³-hybridized carbons (Fsp3) is 0.276. The van der Waals surface area contributed by atoms with E-state index in [1.54, 1.807) is 13.2 Å². The van der Waals surface area contributed by atoms with Crippen LogP contribution in [0.1, 0.15) is 18.2 Å². The monoisotopic (exact) mass is 655 g/mol. The van der Waals surface area contributed by atoms with Crippen molar-refractivity contribution in [2.75, 3.05) is 27.9 Å². The zero-order valence-electron chi connectivity index (χ0n) is 25.4. The molecule has 0 fully saturated rings. The molecule has 3 heterocycles. The molecule has 236 valence electrons. The predicted octanol–water partition coefficient (Wildman–Crippen LogP) is 0.548. The van der Waals surface area contributed by atoms with Crippen molar-refractivity contribution < 1.29 is 71.8 Å². The Morgan fingerprint density at radius 1 is 1.07 bits per heavy atom. The number of rotatable bonds is 11. The van der Waals surface area contributed by atoms with E-state index in [1.807, 2.05) is 24.4 Å². The van der Waals surface area contributed by atoms with Gasteiger partial charge >= 0.3 is 36.2 Å². The standard InChI is InChI=1S/C16H14F2N3O4S.C13H16N2O2.Na.H2O/c1-23-13-5-6-19-12(14(13)24-2)8-26(22)16-20-10-4-3-9(25-15(17)18)7-11(10)21-16;1-9(16)14-6-5-10-8-15-13-4-3-11(17-2)7-12(10)13;;/h3-7,15H,8H2,1-2H3;3-4,7-8,15H,5-6H2,1-2H3,(H,14,16);;1H2/q-1;;+1;. The smallest absolute Gasteiger partial charge is 0.497 e. The quantitative estimate of drug-likeness (QED) is 0.193. The Balaban J connectivity index is 0.000000325. The minimum absolute atomic E-state index is 0. The molecule has 5 rings (SSSR count). The minimum atomic E-state index is -2.93. The number of imidazole rings is 1. The van der Waals surface area contributed by atoms with Gasteiger partial charge in [0.2, 0.25) is 5.91 Å². The second-order valence-electron chi connectivity index (χ2n) is 8.98.